The third kappa shape index (κ3) is 4.33. The second kappa shape index (κ2) is 8.61. The van der Waals surface area contributed by atoms with Gasteiger partial charge in [0.05, 0.1) is 24.0 Å². The van der Waals surface area contributed by atoms with Crippen molar-refractivity contribution in [2.24, 2.45) is 0 Å². The summed E-state index contributed by atoms with van der Waals surface area (Å²) in [6.07, 6.45) is 3.17. The van der Waals surface area contributed by atoms with Gasteiger partial charge in [-0.05, 0) is 66.9 Å². The molecule has 5 aromatic rings. The summed E-state index contributed by atoms with van der Waals surface area (Å²) in [5.41, 5.74) is 7.03. The molecule has 0 aliphatic rings. The van der Waals surface area contributed by atoms with E-state index in [9.17, 15) is 5.11 Å². The SMILES string of the molecule is Cc1c#cc(Oc2ccc(Nc3ncnc4cc(-c5ccc(CO)cc5)[nH]c34)cc2C)cn1. The number of aliphatic hydroxyl groups excluding tert-OH is 1. The summed E-state index contributed by atoms with van der Waals surface area (Å²) < 4.78 is 5.88. The van der Waals surface area contributed by atoms with Crippen molar-refractivity contribution in [3.63, 3.8) is 0 Å². The number of H-pyrrole nitrogens is 1. The number of aromatic nitrogens is 4. The van der Waals surface area contributed by atoms with E-state index in [2.05, 4.69) is 37.4 Å². The number of hydrogen-bond donors (Lipinski definition) is 3. The first-order valence-corrected chi connectivity index (χ1v) is 10.4. The summed E-state index contributed by atoms with van der Waals surface area (Å²) in [5, 5.41) is 12.6. The molecule has 7 heteroatoms. The van der Waals surface area contributed by atoms with Gasteiger partial charge in [0.1, 0.15) is 17.6 Å². The van der Waals surface area contributed by atoms with Crippen molar-refractivity contribution in [1.29, 1.82) is 0 Å². The minimum atomic E-state index is 0.0222. The van der Waals surface area contributed by atoms with Crippen LogP contribution in [0.4, 0.5) is 11.5 Å². The Morgan fingerprint density at radius 1 is 1.00 bits per heavy atom. The zero-order valence-electron chi connectivity index (χ0n) is 18.2. The molecule has 0 atom stereocenters. The molecule has 0 bridgehead atoms. The Kier molecular flexibility index (Phi) is 5.35. The minimum Gasteiger partial charge on any atom is -0.446 e. The summed E-state index contributed by atoms with van der Waals surface area (Å²) in [7, 11) is 0. The van der Waals surface area contributed by atoms with Gasteiger partial charge in [0.2, 0.25) is 0 Å². The Bertz CT molecular complexity index is 1410. The van der Waals surface area contributed by atoms with E-state index < -0.39 is 0 Å². The zero-order chi connectivity index (χ0) is 22.8. The maximum absolute atomic E-state index is 9.26. The van der Waals surface area contributed by atoms with E-state index in [4.69, 9.17) is 4.74 Å². The van der Waals surface area contributed by atoms with Crippen LogP contribution in [0.15, 0.2) is 61.1 Å². The highest BCUT2D eigenvalue weighted by molar-refractivity contribution is 5.91. The molecule has 0 saturated carbocycles. The fourth-order valence-corrected chi connectivity index (χ4v) is 3.50. The van der Waals surface area contributed by atoms with Gasteiger partial charge >= 0.3 is 0 Å². The highest BCUT2D eigenvalue weighted by Crippen LogP contribution is 2.30. The summed E-state index contributed by atoms with van der Waals surface area (Å²) in [5.74, 6) is 1.92. The van der Waals surface area contributed by atoms with Crippen LogP contribution in [0.2, 0.25) is 0 Å². The standard InChI is InChI=1S/C26H21N5O2/c1-16-11-20(8-10-24(16)33-21-9-3-17(2)27-13-21)30-26-25-23(28-15-29-26)12-22(31-25)19-6-4-18(14-32)5-7-19/h4-8,10-13,15,31-32H,14H2,1-2H3,(H,28,29,30). The maximum atomic E-state index is 9.26. The van der Waals surface area contributed by atoms with Gasteiger partial charge in [0.15, 0.2) is 11.6 Å². The molecular formula is C26H21N5O2. The minimum absolute atomic E-state index is 0.0222. The van der Waals surface area contributed by atoms with Crippen molar-refractivity contribution < 1.29 is 9.84 Å². The Labute approximate surface area is 191 Å². The van der Waals surface area contributed by atoms with Gasteiger partial charge in [-0.25, -0.2) is 15.0 Å². The third-order valence-electron chi connectivity index (χ3n) is 5.26. The average Bonchev–Trinajstić information content (AvgIpc) is 3.28. The lowest BCUT2D eigenvalue weighted by atomic mass is 10.1. The molecule has 5 rings (SSSR count). The second-order valence-electron chi connectivity index (χ2n) is 7.69. The van der Waals surface area contributed by atoms with Crippen LogP contribution in [0.5, 0.6) is 11.5 Å². The summed E-state index contributed by atoms with van der Waals surface area (Å²) in [6, 6.07) is 21.4. The van der Waals surface area contributed by atoms with Gasteiger partial charge < -0.3 is 20.1 Å². The molecule has 0 saturated heterocycles. The molecule has 0 unspecified atom stereocenters. The fraction of sp³-hybridized carbons (Fsp3) is 0.115. The van der Waals surface area contributed by atoms with Crippen LogP contribution in [0.3, 0.4) is 0 Å². The fourth-order valence-electron chi connectivity index (χ4n) is 3.50. The number of aryl methyl sites for hydroxylation is 2. The molecule has 0 aliphatic carbocycles. The molecule has 0 amide bonds. The van der Waals surface area contributed by atoms with E-state index in [0.717, 1.165) is 50.5 Å². The van der Waals surface area contributed by atoms with Crippen molar-refractivity contribution in [1.82, 2.24) is 19.9 Å². The lowest BCUT2D eigenvalue weighted by Gasteiger charge is -2.11. The number of aliphatic hydroxyl groups is 1. The Hall–Kier alpha value is -4.41. The van der Waals surface area contributed by atoms with Crippen LogP contribution in [-0.2, 0) is 6.61 Å². The predicted octanol–water partition coefficient (Wildman–Crippen LogP) is 5.27. The number of ether oxygens (including phenoxy) is 1. The third-order valence-corrected chi connectivity index (χ3v) is 5.26. The lowest BCUT2D eigenvalue weighted by molar-refractivity contribution is 0.282. The first-order valence-electron chi connectivity index (χ1n) is 10.4. The van der Waals surface area contributed by atoms with Crippen LogP contribution in [0, 0.1) is 26.0 Å². The molecule has 3 N–H and O–H groups in total. The lowest BCUT2D eigenvalue weighted by Crippen LogP contribution is -1.97. The van der Waals surface area contributed by atoms with Crippen molar-refractivity contribution in [3.8, 4) is 22.8 Å². The average molecular weight is 435 g/mol. The summed E-state index contributed by atoms with van der Waals surface area (Å²) in [6.45, 7) is 3.86. The predicted molar refractivity (Wildman–Crippen MR) is 126 cm³/mol. The molecule has 0 radical (unpaired) electrons. The number of rotatable bonds is 6. The number of anilines is 2. The molecule has 162 valence electrons. The van der Waals surface area contributed by atoms with Crippen molar-refractivity contribution in [3.05, 3.63) is 90.0 Å². The van der Waals surface area contributed by atoms with Gasteiger partial charge in [0, 0.05) is 11.4 Å². The van der Waals surface area contributed by atoms with Crippen molar-refractivity contribution in [2.75, 3.05) is 5.32 Å². The van der Waals surface area contributed by atoms with Crippen LogP contribution >= 0.6 is 0 Å². The van der Waals surface area contributed by atoms with Crippen LogP contribution in [0.1, 0.15) is 16.8 Å². The molecule has 33 heavy (non-hydrogen) atoms. The van der Waals surface area contributed by atoms with Crippen LogP contribution in [0.25, 0.3) is 22.3 Å². The number of aromatic amines is 1. The molecular weight excluding hydrogens is 414 g/mol. The topological polar surface area (TPSA) is 96.0 Å². The monoisotopic (exact) mass is 435 g/mol. The molecule has 7 nitrogen and oxygen atoms in total. The van der Waals surface area contributed by atoms with E-state index in [1.54, 1.807) is 6.20 Å². The second-order valence-corrected chi connectivity index (χ2v) is 7.69. The first kappa shape index (κ1) is 20.5. The van der Waals surface area contributed by atoms with Gasteiger partial charge in [-0.15, -0.1) is 0 Å². The van der Waals surface area contributed by atoms with Crippen molar-refractivity contribution >= 4 is 22.5 Å². The molecule has 2 aromatic carbocycles. The van der Waals surface area contributed by atoms with E-state index >= 15 is 0 Å². The van der Waals surface area contributed by atoms with Crippen molar-refractivity contribution in [2.45, 2.75) is 20.5 Å². The van der Waals surface area contributed by atoms with E-state index in [1.807, 2.05) is 62.4 Å². The number of nitrogens with zero attached hydrogens (tertiary/aromatic N) is 3. The molecule has 3 heterocycles. The normalized spacial score (nSPS) is 10.8. The maximum Gasteiger partial charge on any atom is 0.196 e. The highest BCUT2D eigenvalue weighted by Gasteiger charge is 2.11. The van der Waals surface area contributed by atoms with Crippen LogP contribution < -0.4 is 10.1 Å². The molecule has 0 fully saturated rings. The first-order chi connectivity index (χ1) is 16.1. The number of benzene rings is 2. The zero-order valence-corrected chi connectivity index (χ0v) is 18.2. The number of hydrogen-bond acceptors (Lipinski definition) is 6. The number of fused-ring (bicyclic) bond motifs is 1. The quantitative estimate of drug-likeness (QED) is 0.336. The number of nitrogens with one attached hydrogen (secondary N) is 2. The highest BCUT2D eigenvalue weighted by atomic mass is 16.5. The van der Waals surface area contributed by atoms with E-state index in [1.165, 1.54) is 6.33 Å². The smallest absolute Gasteiger partial charge is 0.196 e. The summed E-state index contributed by atoms with van der Waals surface area (Å²) >= 11 is 0. The van der Waals surface area contributed by atoms with Gasteiger partial charge in [0.25, 0.3) is 0 Å². The van der Waals surface area contributed by atoms with E-state index in [0.29, 0.717) is 11.6 Å². The molecule has 0 aliphatic heterocycles. The van der Waals surface area contributed by atoms with Gasteiger partial charge in [-0.1, -0.05) is 24.3 Å². The van der Waals surface area contributed by atoms with E-state index in [-0.39, 0.29) is 6.61 Å². The Morgan fingerprint density at radius 2 is 1.85 bits per heavy atom. The molecule has 0 spiro atoms. The Balaban J connectivity index is 1.39. The Morgan fingerprint density at radius 3 is 2.58 bits per heavy atom. The largest absolute Gasteiger partial charge is 0.446 e. The van der Waals surface area contributed by atoms with Crippen LogP contribution in [-0.4, -0.2) is 25.0 Å². The summed E-state index contributed by atoms with van der Waals surface area (Å²) in [4.78, 5) is 16.4. The molecule has 3 aromatic heterocycles. The van der Waals surface area contributed by atoms with Gasteiger partial charge in [-0.2, -0.15) is 0 Å². The van der Waals surface area contributed by atoms with Gasteiger partial charge in [-0.3, -0.25) is 0 Å².